The second-order valence-electron chi connectivity index (χ2n) is 6.53. The summed E-state index contributed by atoms with van der Waals surface area (Å²) in [6, 6.07) is 7.80. The lowest BCUT2D eigenvalue weighted by atomic mass is 10.2. The minimum absolute atomic E-state index is 0.241. The first-order chi connectivity index (χ1) is 12.3. The third kappa shape index (κ3) is 2.40. The number of H-pyrrole nitrogens is 1. The molecular weight excluding hydrogens is 320 g/mol. The van der Waals surface area contributed by atoms with Crippen LogP contribution in [-0.4, -0.2) is 64.0 Å². The Morgan fingerprint density at radius 1 is 1.28 bits per heavy atom. The van der Waals surface area contributed by atoms with Gasteiger partial charge < -0.3 is 14.4 Å². The average molecular weight is 339 g/mol. The first kappa shape index (κ1) is 14.9. The van der Waals surface area contributed by atoms with Crippen LogP contribution in [0, 0.1) is 6.07 Å². The Balaban J connectivity index is 1.65. The number of fused-ring (bicyclic) bond motifs is 1. The van der Waals surface area contributed by atoms with Crippen molar-refractivity contribution in [3.05, 3.63) is 24.4 Å². The van der Waals surface area contributed by atoms with E-state index in [0.29, 0.717) is 19.8 Å². The van der Waals surface area contributed by atoms with Crippen molar-refractivity contribution in [1.82, 2.24) is 25.0 Å². The van der Waals surface area contributed by atoms with Gasteiger partial charge in [0, 0.05) is 18.8 Å². The van der Waals surface area contributed by atoms with E-state index in [4.69, 9.17) is 19.6 Å². The highest BCUT2D eigenvalue weighted by Gasteiger charge is 2.27. The van der Waals surface area contributed by atoms with Gasteiger partial charge in [0.05, 0.1) is 49.7 Å². The Bertz CT molecular complexity index is 886. The van der Waals surface area contributed by atoms with Crippen LogP contribution in [0.1, 0.15) is 13.0 Å². The van der Waals surface area contributed by atoms with Crippen LogP contribution in [0.2, 0.25) is 0 Å². The Kier molecular flexibility index (Phi) is 3.46. The normalized spacial score (nSPS) is 21.6. The molecule has 2 aliphatic heterocycles. The fourth-order valence-electron chi connectivity index (χ4n) is 3.36. The molecule has 0 saturated carbocycles. The molecule has 0 spiro atoms. The van der Waals surface area contributed by atoms with E-state index in [1.54, 1.807) is 6.20 Å². The first-order valence-corrected chi connectivity index (χ1v) is 8.54. The van der Waals surface area contributed by atoms with Crippen molar-refractivity contribution in [3.8, 4) is 11.4 Å². The average Bonchev–Trinajstić information content (AvgIpc) is 3.22. The van der Waals surface area contributed by atoms with Crippen LogP contribution in [0.25, 0.3) is 22.4 Å². The van der Waals surface area contributed by atoms with E-state index in [9.17, 15) is 0 Å². The van der Waals surface area contributed by atoms with Gasteiger partial charge in [-0.3, -0.25) is 9.78 Å². The van der Waals surface area contributed by atoms with E-state index in [0.717, 1.165) is 41.4 Å². The third-order valence-corrected chi connectivity index (χ3v) is 4.83. The molecule has 1 atom stereocenters. The number of pyridine rings is 1. The zero-order valence-corrected chi connectivity index (χ0v) is 14.0. The van der Waals surface area contributed by atoms with Gasteiger partial charge in [0.25, 0.3) is 0 Å². The molecule has 1 unspecified atom stereocenters. The predicted molar refractivity (Wildman–Crippen MR) is 91.4 cm³/mol. The minimum Gasteiger partial charge on any atom is -0.377 e. The second-order valence-corrected chi connectivity index (χ2v) is 6.53. The Morgan fingerprint density at radius 3 is 2.92 bits per heavy atom. The van der Waals surface area contributed by atoms with Crippen molar-refractivity contribution in [3.63, 3.8) is 0 Å². The van der Waals surface area contributed by atoms with Crippen LogP contribution < -0.4 is 4.90 Å². The maximum absolute atomic E-state index is 5.54. The molecule has 8 nitrogen and oxygen atoms in total. The lowest BCUT2D eigenvalue weighted by Gasteiger charge is -2.34. The number of nitrogens with one attached hydrogen (secondary N) is 1. The van der Waals surface area contributed by atoms with Crippen LogP contribution >= 0.6 is 0 Å². The molecule has 0 amide bonds. The summed E-state index contributed by atoms with van der Waals surface area (Å²) in [5.41, 5.74) is 3.41. The van der Waals surface area contributed by atoms with Crippen LogP contribution in [-0.2, 0) is 9.47 Å². The van der Waals surface area contributed by atoms with Crippen LogP contribution in [0.15, 0.2) is 18.3 Å². The van der Waals surface area contributed by atoms with E-state index < -0.39 is 0 Å². The van der Waals surface area contributed by atoms with Gasteiger partial charge in [0.1, 0.15) is 17.0 Å². The molecule has 3 aromatic heterocycles. The Hall–Kier alpha value is -2.45. The van der Waals surface area contributed by atoms with E-state index >= 15 is 0 Å². The predicted octanol–water partition coefficient (Wildman–Crippen LogP) is 1.42. The lowest BCUT2D eigenvalue weighted by molar-refractivity contribution is -0.0265. The number of nitrogens with zero attached hydrogens (tertiary/aromatic N) is 5. The summed E-state index contributed by atoms with van der Waals surface area (Å²) >= 11 is 0. The topological polar surface area (TPSA) is 81.1 Å². The number of rotatable bonds is 3. The molecule has 1 N–H and O–H groups in total. The number of hydrogen-bond donors (Lipinski definition) is 1. The van der Waals surface area contributed by atoms with E-state index in [1.807, 2.05) is 16.8 Å². The van der Waals surface area contributed by atoms with Crippen molar-refractivity contribution in [1.29, 1.82) is 0 Å². The molecule has 129 valence electrons. The summed E-state index contributed by atoms with van der Waals surface area (Å²) in [5.74, 6) is 0.911. The molecule has 3 aromatic rings. The van der Waals surface area contributed by atoms with E-state index in [-0.39, 0.29) is 12.1 Å². The summed E-state index contributed by atoms with van der Waals surface area (Å²) < 4.78 is 12.9. The standard InChI is InChI=1S/C17H19N6O2/c1-11-8-24-7-6-22(11)15-3-2-14-17(19-15)16(13-4-5-18-20-13)21-23(14)12-9-25-10-12/h3-5,11-12H,6-10H2,1H3,(H,18,20). The summed E-state index contributed by atoms with van der Waals surface area (Å²) in [4.78, 5) is 7.20. The maximum atomic E-state index is 5.54. The molecule has 8 heteroatoms. The molecule has 0 bridgehead atoms. The fourth-order valence-corrected chi connectivity index (χ4v) is 3.36. The molecule has 2 fully saturated rings. The van der Waals surface area contributed by atoms with Gasteiger partial charge in [-0.05, 0) is 19.1 Å². The zero-order chi connectivity index (χ0) is 16.8. The first-order valence-electron chi connectivity index (χ1n) is 8.54. The number of hydrogen-bond acceptors (Lipinski definition) is 6. The van der Waals surface area contributed by atoms with Gasteiger partial charge in [0.2, 0.25) is 0 Å². The monoisotopic (exact) mass is 339 g/mol. The number of morpholine rings is 1. The van der Waals surface area contributed by atoms with Crippen molar-refractivity contribution >= 4 is 16.9 Å². The molecular formula is C17H19N6O2. The number of ether oxygens (including phenoxy) is 2. The zero-order valence-electron chi connectivity index (χ0n) is 14.0. The van der Waals surface area contributed by atoms with Gasteiger partial charge >= 0.3 is 0 Å². The highest BCUT2D eigenvalue weighted by Crippen LogP contribution is 2.31. The summed E-state index contributed by atoms with van der Waals surface area (Å²) in [6.45, 7) is 5.76. The van der Waals surface area contributed by atoms with Crippen molar-refractivity contribution in [2.24, 2.45) is 0 Å². The van der Waals surface area contributed by atoms with E-state index in [1.165, 1.54) is 0 Å². The minimum atomic E-state index is 0.241. The summed E-state index contributed by atoms with van der Waals surface area (Å²) in [5, 5.41) is 11.8. The highest BCUT2D eigenvalue weighted by molar-refractivity contribution is 5.89. The van der Waals surface area contributed by atoms with Crippen molar-refractivity contribution < 1.29 is 9.47 Å². The molecule has 25 heavy (non-hydrogen) atoms. The Morgan fingerprint density at radius 2 is 2.20 bits per heavy atom. The van der Waals surface area contributed by atoms with Crippen molar-refractivity contribution in [2.45, 2.75) is 19.0 Å². The van der Waals surface area contributed by atoms with Crippen molar-refractivity contribution in [2.75, 3.05) is 37.9 Å². The molecule has 0 aliphatic carbocycles. The smallest absolute Gasteiger partial charge is 0.137 e. The van der Waals surface area contributed by atoms with Crippen LogP contribution in [0.4, 0.5) is 5.82 Å². The summed E-state index contributed by atoms with van der Waals surface area (Å²) in [6.07, 6.45) is 1.73. The maximum Gasteiger partial charge on any atom is 0.137 e. The van der Waals surface area contributed by atoms with Gasteiger partial charge in [-0.2, -0.15) is 10.2 Å². The molecule has 2 aliphatic rings. The third-order valence-electron chi connectivity index (χ3n) is 4.83. The SMILES string of the molecule is CC1COCCN1c1c[c]c2c(n1)c(-c1ccn[nH]1)nn2C1COC1. The number of aromatic nitrogens is 5. The Labute approximate surface area is 144 Å². The van der Waals surface area contributed by atoms with Gasteiger partial charge in [-0.25, -0.2) is 4.98 Å². The van der Waals surface area contributed by atoms with Gasteiger partial charge in [0.15, 0.2) is 0 Å². The van der Waals surface area contributed by atoms with Crippen LogP contribution in [0.3, 0.4) is 0 Å². The largest absolute Gasteiger partial charge is 0.377 e. The van der Waals surface area contributed by atoms with Gasteiger partial charge in [-0.15, -0.1) is 0 Å². The number of anilines is 1. The lowest BCUT2D eigenvalue weighted by Crippen LogP contribution is -2.44. The van der Waals surface area contributed by atoms with Crippen LogP contribution in [0.5, 0.6) is 0 Å². The number of aromatic amines is 1. The van der Waals surface area contributed by atoms with Gasteiger partial charge in [-0.1, -0.05) is 0 Å². The molecule has 5 rings (SSSR count). The quantitative estimate of drug-likeness (QED) is 0.777. The molecule has 0 aromatic carbocycles. The van der Waals surface area contributed by atoms with E-state index in [2.05, 4.69) is 28.1 Å². The molecule has 1 radical (unpaired) electrons. The fraction of sp³-hybridized carbons (Fsp3) is 0.471. The second kappa shape index (κ2) is 5.82. The highest BCUT2D eigenvalue weighted by atomic mass is 16.5. The summed E-state index contributed by atoms with van der Waals surface area (Å²) in [7, 11) is 0. The molecule has 2 saturated heterocycles. The molecule has 5 heterocycles.